The van der Waals surface area contributed by atoms with Crippen LogP contribution in [0.4, 0.5) is 14.6 Å². The molecule has 5 nitrogen and oxygen atoms in total. The average Bonchev–Trinajstić information content (AvgIpc) is 2.98. The van der Waals surface area contributed by atoms with Crippen LogP contribution >= 0.6 is 0 Å². The Morgan fingerprint density at radius 2 is 2.00 bits per heavy atom. The molecular weight excluding hydrogens is 398 g/mol. The predicted molar refractivity (Wildman–Crippen MR) is 119 cm³/mol. The largest absolute Gasteiger partial charge is 0.472 e. The third-order valence-corrected chi connectivity index (χ3v) is 6.26. The fourth-order valence-electron chi connectivity index (χ4n) is 4.41. The van der Waals surface area contributed by atoms with Crippen LogP contribution in [0.5, 0.6) is 0 Å². The lowest BCUT2D eigenvalue weighted by Gasteiger charge is -2.41. The highest BCUT2D eigenvalue weighted by Gasteiger charge is 2.43. The first-order chi connectivity index (χ1) is 15.0. The van der Waals surface area contributed by atoms with E-state index >= 15 is 0 Å². The number of aliphatic imine (C=N–C) groups is 1. The number of halogens is 2. The Labute approximate surface area is 180 Å². The van der Waals surface area contributed by atoms with Gasteiger partial charge in [0.05, 0.1) is 31.2 Å². The maximum atomic E-state index is 13.9. The quantitative estimate of drug-likeness (QED) is 0.732. The molecule has 1 aromatic heterocycles. The van der Waals surface area contributed by atoms with Gasteiger partial charge in [0.15, 0.2) is 0 Å². The van der Waals surface area contributed by atoms with Crippen molar-refractivity contribution >= 4 is 22.6 Å². The number of anilines is 1. The summed E-state index contributed by atoms with van der Waals surface area (Å²) >= 11 is 0. The number of fused-ring (bicyclic) bond motifs is 1. The molecule has 0 radical (unpaired) electrons. The summed E-state index contributed by atoms with van der Waals surface area (Å²) in [5, 5.41) is 1.12. The van der Waals surface area contributed by atoms with Gasteiger partial charge in [-0.3, -0.25) is 4.90 Å². The Balaban J connectivity index is 1.27. The standard InChI is InChI=1S/C24H26F2N4O/c1-2-17-9-11-27-23(21(13-17)29-12-10-24(25,26)16-29)31-19-14-30(15-19)22-8-7-18-5-3-4-6-20(18)28-22/h2-9,11,19,21H,10,12-16H2,1H3/b17-2+. The Bertz CT molecular complexity index is 1060. The number of benzene rings is 1. The summed E-state index contributed by atoms with van der Waals surface area (Å²) in [6.45, 7) is 3.48. The number of aromatic nitrogens is 1. The molecule has 0 amide bonds. The minimum Gasteiger partial charge on any atom is -0.472 e. The molecule has 2 aromatic rings. The van der Waals surface area contributed by atoms with E-state index in [2.05, 4.69) is 16.0 Å². The first kappa shape index (κ1) is 20.1. The second-order valence-corrected chi connectivity index (χ2v) is 8.45. The predicted octanol–water partition coefficient (Wildman–Crippen LogP) is 4.41. The second kappa shape index (κ2) is 8.04. The van der Waals surface area contributed by atoms with Gasteiger partial charge in [0.1, 0.15) is 11.9 Å². The van der Waals surface area contributed by atoms with Crippen LogP contribution in [0.25, 0.3) is 10.9 Å². The first-order valence-corrected chi connectivity index (χ1v) is 10.8. The lowest BCUT2D eigenvalue weighted by molar-refractivity contribution is 0.00903. The van der Waals surface area contributed by atoms with Crippen molar-refractivity contribution < 1.29 is 13.5 Å². The van der Waals surface area contributed by atoms with Gasteiger partial charge in [-0.2, -0.15) is 0 Å². The Morgan fingerprint density at radius 1 is 1.16 bits per heavy atom. The highest BCUT2D eigenvalue weighted by Crippen LogP contribution is 2.32. The number of para-hydroxylation sites is 1. The highest BCUT2D eigenvalue weighted by molar-refractivity contribution is 5.84. The number of rotatable bonds is 3. The van der Waals surface area contributed by atoms with E-state index in [1.165, 1.54) is 0 Å². The van der Waals surface area contributed by atoms with Gasteiger partial charge in [-0.05, 0) is 43.2 Å². The number of hydrogen-bond acceptors (Lipinski definition) is 5. The molecule has 2 fully saturated rings. The molecule has 5 rings (SSSR count). The molecule has 3 aliphatic heterocycles. The zero-order chi connectivity index (χ0) is 21.4. The van der Waals surface area contributed by atoms with Crippen molar-refractivity contribution in [3.05, 3.63) is 60.3 Å². The molecular formula is C24H26F2N4O. The topological polar surface area (TPSA) is 41.0 Å². The van der Waals surface area contributed by atoms with Crippen molar-refractivity contribution in [2.45, 2.75) is 37.8 Å². The fourth-order valence-corrected chi connectivity index (χ4v) is 4.41. The summed E-state index contributed by atoms with van der Waals surface area (Å²) in [5.41, 5.74) is 2.05. The monoisotopic (exact) mass is 424 g/mol. The van der Waals surface area contributed by atoms with Crippen LogP contribution in [0.3, 0.4) is 0 Å². The van der Waals surface area contributed by atoms with Gasteiger partial charge in [0, 0.05) is 24.6 Å². The van der Waals surface area contributed by atoms with Gasteiger partial charge >= 0.3 is 0 Å². The number of hydrogen-bond donors (Lipinski definition) is 0. The zero-order valence-electron chi connectivity index (χ0n) is 17.5. The summed E-state index contributed by atoms with van der Waals surface area (Å²) < 4.78 is 34.0. The molecule has 2 saturated heterocycles. The lowest BCUT2D eigenvalue weighted by atomic mass is 10.0. The van der Waals surface area contributed by atoms with Crippen LogP contribution in [-0.4, -0.2) is 60.0 Å². The van der Waals surface area contributed by atoms with Gasteiger partial charge in [-0.25, -0.2) is 18.8 Å². The minimum absolute atomic E-state index is 0.0295. The van der Waals surface area contributed by atoms with Crippen LogP contribution in [-0.2, 0) is 4.74 Å². The SMILES string of the molecule is C/C=C1\C=CN=C(OC2CN(c3ccc4ccccc4n3)C2)C(N2CCC(F)(F)C2)C1. The van der Waals surface area contributed by atoms with E-state index in [9.17, 15) is 8.78 Å². The van der Waals surface area contributed by atoms with Gasteiger partial charge < -0.3 is 9.64 Å². The lowest BCUT2D eigenvalue weighted by Crippen LogP contribution is -2.55. The Kier molecular flexibility index (Phi) is 5.22. The third kappa shape index (κ3) is 4.19. The molecule has 4 heterocycles. The second-order valence-electron chi connectivity index (χ2n) is 8.45. The molecule has 162 valence electrons. The van der Waals surface area contributed by atoms with Crippen LogP contribution in [0.15, 0.2) is 65.3 Å². The minimum atomic E-state index is -2.64. The first-order valence-electron chi connectivity index (χ1n) is 10.8. The van der Waals surface area contributed by atoms with Gasteiger partial charge in [-0.1, -0.05) is 24.3 Å². The van der Waals surface area contributed by atoms with Crippen LogP contribution in [0, 0.1) is 0 Å². The van der Waals surface area contributed by atoms with E-state index in [-0.39, 0.29) is 25.1 Å². The van der Waals surface area contributed by atoms with Crippen molar-refractivity contribution in [2.24, 2.45) is 4.99 Å². The number of pyridine rings is 1. The number of likely N-dealkylation sites (tertiary alicyclic amines) is 1. The molecule has 1 aromatic carbocycles. The molecule has 1 atom stereocenters. The highest BCUT2D eigenvalue weighted by atomic mass is 19.3. The Hall–Kier alpha value is -2.80. The molecule has 1 unspecified atom stereocenters. The summed E-state index contributed by atoms with van der Waals surface area (Å²) in [4.78, 5) is 13.2. The Morgan fingerprint density at radius 3 is 2.77 bits per heavy atom. The number of alkyl halides is 2. The molecule has 0 N–H and O–H groups in total. The molecule has 0 spiro atoms. The smallest absolute Gasteiger partial charge is 0.261 e. The third-order valence-electron chi connectivity index (χ3n) is 6.26. The molecule has 7 heteroatoms. The van der Waals surface area contributed by atoms with Crippen molar-refractivity contribution in [1.82, 2.24) is 9.88 Å². The maximum absolute atomic E-state index is 13.9. The fraction of sp³-hybridized carbons (Fsp3) is 0.417. The van der Waals surface area contributed by atoms with E-state index < -0.39 is 5.92 Å². The summed E-state index contributed by atoms with van der Waals surface area (Å²) in [6, 6.07) is 11.9. The van der Waals surface area contributed by atoms with Gasteiger partial charge in [0.2, 0.25) is 5.90 Å². The van der Waals surface area contributed by atoms with Crippen molar-refractivity contribution in [3.8, 4) is 0 Å². The number of allylic oxidation sites excluding steroid dienone is 2. The van der Waals surface area contributed by atoms with E-state index in [4.69, 9.17) is 9.72 Å². The normalized spacial score (nSPS) is 25.5. The molecule has 0 saturated carbocycles. The van der Waals surface area contributed by atoms with Crippen LogP contribution in [0.1, 0.15) is 19.8 Å². The number of nitrogens with zero attached hydrogens (tertiary/aromatic N) is 4. The van der Waals surface area contributed by atoms with Crippen LogP contribution in [0.2, 0.25) is 0 Å². The van der Waals surface area contributed by atoms with E-state index in [0.717, 1.165) is 22.3 Å². The summed E-state index contributed by atoms with van der Waals surface area (Å²) in [7, 11) is 0. The summed E-state index contributed by atoms with van der Waals surface area (Å²) in [5.74, 6) is -1.18. The van der Waals surface area contributed by atoms with E-state index in [0.29, 0.717) is 32.0 Å². The molecule has 0 bridgehead atoms. The number of ether oxygens (including phenoxy) is 1. The van der Waals surface area contributed by atoms with E-state index in [1.54, 1.807) is 6.20 Å². The van der Waals surface area contributed by atoms with E-state index in [1.807, 2.05) is 54.3 Å². The molecule has 0 aliphatic carbocycles. The summed E-state index contributed by atoms with van der Waals surface area (Å²) in [6.07, 6.45) is 6.15. The van der Waals surface area contributed by atoms with Crippen molar-refractivity contribution in [1.29, 1.82) is 0 Å². The molecule has 3 aliphatic rings. The molecule has 31 heavy (non-hydrogen) atoms. The average molecular weight is 424 g/mol. The zero-order valence-corrected chi connectivity index (χ0v) is 17.5. The van der Waals surface area contributed by atoms with Crippen molar-refractivity contribution in [3.63, 3.8) is 0 Å². The van der Waals surface area contributed by atoms with Crippen molar-refractivity contribution in [2.75, 3.05) is 31.1 Å². The maximum Gasteiger partial charge on any atom is 0.261 e. The van der Waals surface area contributed by atoms with Crippen LogP contribution < -0.4 is 4.90 Å². The van der Waals surface area contributed by atoms with Gasteiger partial charge in [-0.15, -0.1) is 0 Å². The van der Waals surface area contributed by atoms with Gasteiger partial charge in [0.25, 0.3) is 5.92 Å².